The van der Waals surface area contributed by atoms with Crippen molar-refractivity contribution in [1.29, 1.82) is 0 Å². The van der Waals surface area contributed by atoms with Crippen molar-refractivity contribution in [3.05, 3.63) is 48.7 Å². The number of benzene rings is 1. The van der Waals surface area contributed by atoms with Crippen molar-refractivity contribution < 1.29 is 18.7 Å². The minimum Gasteiger partial charge on any atom is -0.490 e. The summed E-state index contributed by atoms with van der Waals surface area (Å²) < 4.78 is 23.9. The smallest absolute Gasteiger partial charge is 0.376 e. The number of esters is 1. The van der Waals surface area contributed by atoms with Gasteiger partial charge in [0.2, 0.25) is 5.82 Å². The molecule has 0 atom stereocenters. The number of hydrogen-bond acceptors (Lipinski definition) is 7. The monoisotopic (exact) mass is 368 g/mol. The number of anilines is 2. The highest BCUT2D eigenvalue weighted by Gasteiger charge is 2.44. The highest BCUT2D eigenvalue weighted by atomic mass is 19.1. The number of carbonyl (C=O) groups is 1. The number of ether oxygens (including phenoxy) is 2. The normalized spacial score (nSPS) is 14.6. The van der Waals surface area contributed by atoms with Crippen molar-refractivity contribution in [3.8, 4) is 5.75 Å². The molecule has 27 heavy (non-hydrogen) atoms. The molecule has 3 aromatic rings. The molecule has 0 saturated heterocycles. The number of pyridine rings is 1. The average Bonchev–Trinajstić information content (AvgIpc) is 3.44. The second kappa shape index (κ2) is 6.79. The number of rotatable bonds is 6. The molecule has 0 bridgehead atoms. The van der Waals surface area contributed by atoms with Gasteiger partial charge in [-0.15, -0.1) is 0 Å². The van der Waals surface area contributed by atoms with Crippen molar-refractivity contribution in [1.82, 2.24) is 15.0 Å². The largest absolute Gasteiger partial charge is 0.490 e. The van der Waals surface area contributed by atoms with Crippen LogP contribution in [0.1, 0.15) is 23.5 Å². The van der Waals surface area contributed by atoms with Crippen LogP contribution in [0.4, 0.5) is 15.9 Å². The van der Waals surface area contributed by atoms with E-state index in [0.717, 1.165) is 10.8 Å². The van der Waals surface area contributed by atoms with E-state index in [2.05, 4.69) is 25.0 Å². The molecule has 7 nitrogen and oxygen atoms in total. The van der Waals surface area contributed by atoms with Gasteiger partial charge in [-0.25, -0.2) is 24.1 Å². The predicted molar refractivity (Wildman–Crippen MR) is 97.0 cm³/mol. The lowest BCUT2D eigenvalue weighted by Crippen LogP contribution is -2.13. The Morgan fingerprint density at radius 2 is 2.00 bits per heavy atom. The quantitative estimate of drug-likeness (QED) is 0.667. The van der Waals surface area contributed by atoms with Crippen LogP contribution in [0.25, 0.3) is 10.8 Å². The third-order valence-electron chi connectivity index (χ3n) is 4.31. The van der Waals surface area contributed by atoms with Gasteiger partial charge in [-0.1, -0.05) is 0 Å². The molecule has 2 aromatic heterocycles. The Balaban J connectivity index is 1.53. The molecule has 1 fully saturated rings. The third-order valence-corrected chi connectivity index (χ3v) is 4.31. The Morgan fingerprint density at radius 3 is 2.70 bits per heavy atom. The van der Waals surface area contributed by atoms with E-state index in [1.165, 1.54) is 19.5 Å². The summed E-state index contributed by atoms with van der Waals surface area (Å²) in [6, 6.07) is 7.36. The zero-order chi connectivity index (χ0) is 18.9. The molecule has 0 aliphatic heterocycles. The van der Waals surface area contributed by atoms with Gasteiger partial charge < -0.3 is 14.8 Å². The van der Waals surface area contributed by atoms with E-state index < -0.39 is 11.6 Å². The van der Waals surface area contributed by atoms with Gasteiger partial charge in [0.1, 0.15) is 23.8 Å². The molecule has 0 amide bonds. The summed E-state index contributed by atoms with van der Waals surface area (Å²) in [6.45, 7) is 0.0819. The summed E-state index contributed by atoms with van der Waals surface area (Å²) in [5.41, 5.74) is -0.577. The molecular formula is C19H17FN4O3. The van der Waals surface area contributed by atoms with Crippen LogP contribution in [0, 0.1) is 0 Å². The summed E-state index contributed by atoms with van der Waals surface area (Å²) in [7, 11) is 1.27. The van der Waals surface area contributed by atoms with E-state index in [9.17, 15) is 9.18 Å². The van der Waals surface area contributed by atoms with Crippen LogP contribution in [0.2, 0.25) is 0 Å². The van der Waals surface area contributed by atoms with E-state index in [1.54, 1.807) is 12.3 Å². The molecule has 0 spiro atoms. The maximum Gasteiger partial charge on any atom is 0.376 e. The molecule has 0 radical (unpaired) electrons. The van der Waals surface area contributed by atoms with Crippen molar-refractivity contribution in [2.75, 3.05) is 19.0 Å². The minimum atomic E-state index is -1.16. The Kier molecular flexibility index (Phi) is 4.31. The van der Waals surface area contributed by atoms with Crippen molar-refractivity contribution in [2.45, 2.75) is 18.5 Å². The molecule has 8 heteroatoms. The highest BCUT2D eigenvalue weighted by molar-refractivity contribution is 5.94. The van der Waals surface area contributed by atoms with E-state index in [4.69, 9.17) is 4.74 Å². The van der Waals surface area contributed by atoms with Crippen LogP contribution in [0.3, 0.4) is 0 Å². The Labute approximate surface area is 154 Å². The fourth-order valence-corrected chi connectivity index (χ4v) is 2.56. The second-order valence-electron chi connectivity index (χ2n) is 6.39. The molecule has 2 heterocycles. The molecule has 138 valence electrons. The number of aromatic nitrogens is 3. The third kappa shape index (κ3) is 3.79. The van der Waals surface area contributed by atoms with Crippen LogP contribution in [0.5, 0.6) is 5.75 Å². The van der Waals surface area contributed by atoms with Gasteiger partial charge in [-0.3, -0.25) is 0 Å². The van der Waals surface area contributed by atoms with Crippen LogP contribution in [0.15, 0.2) is 42.9 Å². The van der Waals surface area contributed by atoms with E-state index >= 15 is 0 Å². The predicted octanol–water partition coefficient (Wildman–Crippen LogP) is 3.44. The second-order valence-corrected chi connectivity index (χ2v) is 6.39. The lowest BCUT2D eigenvalue weighted by molar-refractivity contribution is 0.0586. The van der Waals surface area contributed by atoms with Gasteiger partial charge >= 0.3 is 5.97 Å². The number of carbonyl (C=O) groups excluding carboxylic acids is 1. The van der Waals surface area contributed by atoms with Crippen LogP contribution in [-0.2, 0) is 4.74 Å². The molecule has 1 aromatic carbocycles. The maximum atomic E-state index is 13.7. The van der Waals surface area contributed by atoms with Gasteiger partial charge in [-0.2, -0.15) is 0 Å². The first-order valence-electron chi connectivity index (χ1n) is 8.44. The Morgan fingerprint density at radius 1 is 1.22 bits per heavy atom. The molecule has 1 aliphatic carbocycles. The number of alkyl halides is 1. The zero-order valence-electron chi connectivity index (χ0n) is 14.6. The standard InChI is InChI=1S/C19H17FN4O3/c1-26-18(25)17-22-9-13(10-23-17)24-16-15-3-2-14(8-12(15)4-7-21-16)27-11-19(20)5-6-19/h2-4,7-10H,5-6,11H2,1H3,(H,21,24). The van der Waals surface area contributed by atoms with Gasteiger partial charge in [0.05, 0.1) is 25.2 Å². The van der Waals surface area contributed by atoms with E-state index in [1.807, 2.05) is 18.2 Å². The van der Waals surface area contributed by atoms with Crippen LogP contribution in [-0.4, -0.2) is 40.3 Å². The van der Waals surface area contributed by atoms with Crippen LogP contribution >= 0.6 is 0 Å². The SMILES string of the molecule is COC(=O)c1ncc(Nc2nccc3cc(OCC4(F)CC4)ccc23)cn1. The fraction of sp³-hybridized carbons (Fsp3) is 0.263. The molecule has 0 unspecified atom stereocenters. The van der Waals surface area contributed by atoms with E-state index in [0.29, 0.717) is 30.1 Å². The molecule has 1 aliphatic rings. The fourth-order valence-electron chi connectivity index (χ4n) is 2.56. The number of halogens is 1. The van der Waals surface area contributed by atoms with Gasteiger partial charge in [-0.05, 0) is 42.5 Å². The summed E-state index contributed by atoms with van der Waals surface area (Å²) in [6.07, 6.45) is 5.75. The minimum absolute atomic E-state index is 0.0167. The summed E-state index contributed by atoms with van der Waals surface area (Å²) in [5.74, 6) is 0.614. The highest BCUT2D eigenvalue weighted by Crippen LogP contribution is 2.40. The van der Waals surface area contributed by atoms with Gasteiger partial charge in [0.25, 0.3) is 0 Å². The number of nitrogens with one attached hydrogen (secondary N) is 1. The zero-order valence-corrected chi connectivity index (χ0v) is 14.6. The summed E-state index contributed by atoms with van der Waals surface area (Å²) in [5, 5.41) is 4.90. The first kappa shape index (κ1) is 17.1. The summed E-state index contributed by atoms with van der Waals surface area (Å²) >= 11 is 0. The Hall–Kier alpha value is -3.29. The first-order valence-corrected chi connectivity index (χ1v) is 8.44. The number of hydrogen-bond donors (Lipinski definition) is 1. The van der Waals surface area contributed by atoms with Crippen LogP contribution < -0.4 is 10.1 Å². The molecular weight excluding hydrogens is 351 g/mol. The number of fused-ring (bicyclic) bond motifs is 1. The molecule has 1 saturated carbocycles. The molecule has 4 rings (SSSR count). The Bertz CT molecular complexity index is 990. The van der Waals surface area contributed by atoms with Gasteiger partial charge in [0.15, 0.2) is 0 Å². The van der Waals surface area contributed by atoms with E-state index in [-0.39, 0.29) is 12.4 Å². The van der Waals surface area contributed by atoms with Gasteiger partial charge in [0, 0.05) is 11.6 Å². The number of nitrogens with zero attached hydrogens (tertiary/aromatic N) is 3. The average molecular weight is 368 g/mol. The topological polar surface area (TPSA) is 86.2 Å². The summed E-state index contributed by atoms with van der Waals surface area (Å²) in [4.78, 5) is 23.7. The van der Waals surface area contributed by atoms with Crippen molar-refractivity contribution >= 4 is 28.2 Å². The first-order chi connectivity index (χ1) is 13.1. The lowest BCUT2D eigenvalue weighted by Gasteiger charge is -2.11. The lowest BCUT2D eigenvalue weighted by atomic mass is 10.1. The number of methoxy groups -OCH3 is 1. The maximum absolute atomic E-state index is 13.7. The van der Waals surface area contributed by atoms with Crippen molar-refractivity contribution in [3.63, 3.8) is 0 Å². The molecule has 1 N–H and O–H groups in total. The van der Waals surface area contributed by atoms with Crippen molar-refractivity contribution in [2.24, 2.45) is 0 Å².